The highest BCUT2D eigenvalue weighted by molar-refractivity contribution is 5.57. The molecule has 0 unspecified atom stereocenters. The zero-order valence-electron chi connectivity index (χ0n) is 23.6. The van der Waals surface area contributed by atoms with E-state index >= 15 is 0 Å². The van der Waals surface area contributed by atoms with Crippen LogP contribution in [0.2, 0.25) is 0 Å². The van der Waals surface area contributed by atoms with E-state index in [2.05, 4.69) is 34.9 Å². The van der Waals surface area contributed by atoms with Crippen LogP contribution in [0.1, 0.15) is 42.4 Å². The molecule has 218 valence electrons. The van der Waals surface area contributed by atoms with Gasteiger partial charge in [0.15, 0.2) is 0 Å². The molecule has 3 rings (SSSR count). The third-order valence-corrected chi connectivity index (χ3v) is 6.79. The number of aliphatic hydroxyl groups is 1. The van der Waals surface area contributed by atoms with Crippen LogP contribution in [0.4, 0.5) is 5.69 Å². The van der Waals surface area contributed by atoms with Crippen LogP contribution in [0.3, 0.4) is 0 Å². The predicted molar refractivity (Wildman–Crippen MR) is 151 cm³/mol. The lowest BCUT2D eigenvalue weighted by Gasteiger charge is -2.39. The van der Waals surface area contributed by atoms with E-state index in [0.29, 0.717) is 71.4 Å². The number of methoxy groups -OCH3 is 2. The second-order valence-corrected chi connectivity index (χ2v) is 9.99. The summed E-state index contributed by atoms with van der Waals surface area (Å²) in [7, 11) is 3.34. The van der Waals surface area contributed by atoms with Crippen LogP contribution in [0, 0.1) is 0 Å². The number of rotatable bonds is 18. The molecular formula is C30H46N2O7. The second-order valence-electron chi connectivity index (χ2n) is 9.99. The summed E-state index contributed by atoms with van der Waals surface area (Å²) < 4.78 is 28.6. The van der Waals surface area contributed by atoms with E-state index < -0.39 is 6.10 Å². The lowest BCUT2D eigenvalue weighted by atomic mass is 9.85. The summed E-state index contributed by atoms with van der Waals surface area (Å²) in [5.41, 5.74) is 3.91. The first-order valence-electron chi connectivity index (χ1n) is 13.8. The molecule has 9 nitrogen and oxygen atoms in total. The molecule has 0 aliphatic carbocycles. The summed E-state index contributed by atoms with van der Waals surface area (Å²) >= 11 is 0. The standard InChI is InChI=1S/C30H46N2O7/c1-22(33)11-14-38-28-18-31-19-29(30(28)25-8-5-23(6-9-25)20-37-16-15-36-3)39-21-24-7-10-27(34)26(17-24)32-12-4-13-35-2/h5-10,17,22,28-34H,4,11-16,18-21H2,1-3H3/t22-,28+,29-,30-/m0/s1. The van der Waals surface area contributed by atoms with Crippen molar-refractivity contribution >= 4 is 5.69 Å². The number of ether oxygens (including phenoxy) is 5. The molecule has 0 saturated carbocycles. The van der Waals surface area contributed by atoms with Gasteiger partial charge in [-0.15, -0.1) is 0 Å². The van der Waals surface area contributed by atoms with Crippen molar-refractivity contribution in [1.82, 2.24) is 5.32 Å². The number of phenols is 1. The smallest absolute Gasteiger partial charge is 0.138 e. The fraction of sp³-hybridized carbons (Fsp3) is 0.600. The maximum absolute atomic E-state index is 10.3. The minimum atomic E-state index is -0.406. The Bertz CT molecular complexity index is 941. The van der Waals surface area contributed by atoms with Crippen molar-refractivity contribution in [2.75, 3.05) is 65.6 Å². The van der Waals surface area contributed by atoms with Crippen LogP contribution >= 0.6 is 0 Å². The van der Waals surface area contributed by atoms with Crippen molar-refractivity contribution in [3.8, 4) is 5.75 Å². The van der Waals surface area contributed by atoms with Crippen LogP contribution in [0.15, 0.2) is 42.5 Å². The Morgan fingerprint density at radius 2 is 1.62 bits per heavy atom. The van der Waals surface area contributed by atoms with Crippen LogP contribution < -0.4 is 10.6 Å². The number of anilines is 1. The minimum Gasteiger partial charge on any atom is -0.506 e. The maximum atomic E-state index is 10.3. The molecule has 1 aliphatic heterocycles. The minimum absolute atomic E-state index is 0.0208. The van der Waals surface area contributed by atoms with Crippen LogP contribution in [-0.2, 0) is 36.9 Å². The van der Waals surface area contributed by atoms with Gasteiger partial charge in [0.05, 0.1) is 50.4 Å². The van der Waals surface area contributed by atoms with Gasteiger partial charge in [-0.3, -0.25) is 0 Å². The number of aliphatic hydroxyl groups excluding tert-OH is 1. The first kappa shape index (κ1) is 31.3. The Hall–Kier alpha value is -2.24. The number of aromatic hydroxyl groups is 1. The number of benzene rings is 2. The second kappa shape index (κ2) is 17.5. The van der Waals surface area contributed by atoms with Gasteiger partial charge in [0.1, 0.15) is 5.75 Å². The van der Waals surface area contributed by atoms with Gasteiger partial charge in [0.25, 0.3) is 0 Å². The summed E-state index contributed by atoms with van der Waals surface area (Å²) in [5.74, 6) is 0.235. The highest BCUT2D eigenvalue weighted by Gasteiger charge is 2.36. The molecule has 1 fully saturated rings. The molecular weight excluding hydrogens is 500 g/mol. The van der Waals surface area contributed by atoms with E-state index in [1.165, 1.54) is 0 Å². The quantitative estimate of drug-likeness (QED) is 0.165. The Balaban J connectivity index is 1.69. The molecule has 39 heavy (non-hydrogen) atoms. The molecule has 4 N–H and O–H groups in total. The molecule has 0 aromatic heterocycles. The van der Waals surface area contributed by atoms with Crippen molar-refractivity contribution < 1.29 is 33.9 Å². The largest absolute Gasteiger partial charge is 0.506 e. The van der Waals surface area contributed by atoms with E-state index in [9.17, 15) is 10.2 Å². The fourth-order valence-corrected chi connectivity index (χ4v) is 4.63. The molecule has 1 aliphatic rings. The third kappa shape index (κ3) is 10.7. The summed E-state index contributed by atoms with van der Waals surface area (Å²) in [6, 6.07) is 14.0. The number of nitrogens with one attached hydrogen (secondary N) is 2. The maximum Gasteiger partial charge on any atom is 0.138 e. The third-order valence-electron chi connectivity index (χ3n) is 6.79. The normalized spacial score (nSPS) is 20.2. The van der Waals surface area contributed by atoms with Gasteiger partial charge in [-0.25, -0.2) is 0 Å². The van der Waals surface area contributed by atoms with Crippen molar-refractivity contribution in [3.05, 3.63) is 59.2 Å². The summed E-state index contributed by atoms with van der Waals surface area (Å²) in [5, 5.41) is 26.7. The molecule has 0 radical (unpaired) electrons. The summed E-state index contributed by atoms with van der Waals surface area (Å²) in [6.45, 7) is 7.10. The zero-order valence-corrected chi connectivity index (χ0v) is 23.6. The van der Waals surface area contributed by atoms with Gasteiger partial charge >= 0.3 is 0 Å². The first-order valence-corrected chi connectivity index (χ1v) is 13.8. The Labute approximate surface area is 232 Å². The lowest BCUT2D eigenvalue weighted by molar-refractivity contribution is -0.0639. The number of phenolic OH excluding ortho intramolecular Hbond substituents is 1. The Morgan fingerprint density at radius 1 is 0.897 bits per heavy atom. The SMILES string of the molecule is COCCCNc1cc(CO[C@H]2CNC[C@@H](OCC[C@H](C)O)[C@@H]2c2ccc(COCCOC)cc2)ccc1O. The molecule has 9 heteroatoms. The van der Waals surface area contributed by atoms with E-state index in [1.54, 1.807) is 27.2 Å². The van der Waals surface area contributed by atoms with Crippen molar-refractivity contribution in [2.24, 2.45) is 0 Å². The van der Waals surface area contributed by atoms with Gasteiger partial charge in [-0.05, 0) is 48.6 Å². The fourth-order valence-electron chi connectivity index (χ4n) is 4.63. The van der Waals surface area contributed by atoms with Crippen molar-refractivity contribution in [1.29, 1.82) is 0 Å². The first-order chi connectivity index (χ1) is 19.0. The Morgan fingerprint density at radius 3 is 2.33 bits per heavy atom. The number of hydrogen-bond donors (Lipinski definition) is 4. The van der Waals surface area contributed by atoms with Gasteiger partial charge < -0.3 is 44.5 Å². The monoisotopic (exact) mass is 546 g/mol. The van der Waals surface area contributed by atoms with E-state index in [1.807, 2.05) is 12.1 Å². The molecule has 4 atom stereocenters. The molecule has 0 bridgehead atoms. The lowest BCUT2D eigenvalue weighted by Crippen LogP contribution is -2.50. The van der Waals surface area contributed by atoms with Crippen molar-refractivity contribution in [3.63, 3.8) is 0 Å². The van der Waals surface area contributed by atoms with Gasteiger partial charge in [-0.2, -0.15) is 0 Å². The molecule has 0 amide bonds. The topological polar surface area (TPSA) is 111 Å². The highest BCUT2D eigenvalue weighted by Crippen LogP contribution is 2.32. The summed E-state index contributed by atoms with van der Waals surface area (Å²) in [6.07, 6.45) is 0.812. The van der Waals surface area contributed by atoms with Gasteiger partial charge in [0.2, 0.25) is 0 Å². The predicted octanol–water partition coefficient (Wildman–Crippen LogP) is 3.43. The molecule has 2 aromatic carbocycles. The molecule has 2 aromatic rings. The van der Waals surface area contributed by atoms with Crippen LogP contribution in [-0.4, -0.2) is 88.8 Å². The van der Waals surface area contributed by atoms with E-state index in [4.69, 9.17) is 23.7 Å². The number of piperidine rings is 1. The van der Waals surface area contributed by atoms with Gasteiger partial charge in [-0.1, -0.05) is 30.3 Å². The zero-order chi connectivity index (χ0) is 27.9. The Kier molecular flexibility index (Phi) is 14.0. The van der Waals surface area contributed by atoms with Crippen LogP contribution in [0.25, 0.3) is 0 Å². The average molecular weight is 547 g/mol. The van der Waals surface area contributed by atoms with Crippen molar-refractivity contribution in [2.45, 2.75) is 57.2 Å². The van der Waals surface area contributed by atoms with Crippen LogP contribution in [0.5, 0.6) is 5.75 Å². The van der Waals surface area contributed by atoms with E-state index in [-0.39, 0.29) is 23.9 Å². The van der Waals surface area contributed by atoms with E-state index in [0.717, 1.165) is 23.1 Å². The van der Waals surface area contributed by atoms with Gasteiger partial charge in [0, 0.05) is 53.0 Å². The molecule has 1 saturated heterocycles. The highest BCUT2D eigenvalue weighted by atomic mass is 16.5. The molecule has 0 spiro atoms. The average Bonchev–Trinajstić information content (AvgIpc) is 2.94. The summed E-state index contributed by atoms with van der Waals surface area (Å²) in [4.78, 5) is 0. The molecule has 1 heterocycles. The number of hydrogen-bond acceptors (Lipinski definition) is 9.